The molecule has 146 valence electrons. The number of aryl methyl sites for hydroxylation is 1. The molecule has 0 aliphatic carbocycles. The standard InChI is InChI=1S/C20H26N2O5/c1-13-14(2)22(7-8-26-3)18-5-4-15(10-17(13)18)20(25)21-6-9-27-16(12-21)11-19(23)24/h4-5,10,16H,6-9,11-12H2,1-3H3,(H,23,24)/t16-/m0/s1. The second kappa shape index (κ2) is 8.10. The quantitative estimate of drug-likeness (QED) is 0.839. The van der Waals surface area contributed by atoms with Crippen molar-refractivity contribution in [1.29, 1.82) is 0 Å². The van der Waals surface area contributed by atoms with Gasteiger partial charge in [-0.2, -0.15) is 0 Å². The van der Waals surface area contributed by atoms with E-state index in [1.165, 1.54) is 5.69 Å². The summed E-state index contributed by atoms with van der Waals surface area (Å²) in [6, 6.07) is 5.76. The van der Waals surface area contributed by atoms with Crippen LogP contribution in [0.4, 0.5) is 0 Å². The summed E-state index contributed by atoms with van der Waals surface area (Å²) in [5.41, 5.74) is 4.02. The molecular weight excluding hydrogens is 348 g/mol. The average Bonchev–Trinajstić information content (AvgIpc) is 2.89. The van der Waals surface area contributed by atoms with Crippen molar-refractivity contribution >= 4 is 22.8 Å². The second-order valence-corrected chi connectivity index (χ2v) is 6.93. The molecule has 1 amide bonds. The summed E-state index contributed by atoms with van der Waals surface area (Å²) < 4.78 is 12.9. The maximum absolute atomic E-state index is 12.9. The van der Waals surface area contributed by atoms with Crippen LogP contribution in [0.15, 0.2) is 18.2 Å². The van der Waals surface area contributed by atoms with E-state index in [0.717, 1.165) is 23.0 Å². The number of methoxy groups -OCH3 is 1. The van der Waals surface area contributed by atoms with Crippen LogP contribution in [0, 0.1) is 13.8 Å². The lowest BCUT2D eigenvalue weighted by molar-refractivity contribution is -0.141. The topological polar surface area (TPSA) is 81.0 Å². The molecule has 1 atom stereocenters. The van der Waals surface area contributed by atoms with Gasteiger partial charge in [0.1, 0.15) is 0 Å². The minimum Gasteiger partial charge on any atom is -0.481 e. The van der Waals surface area contributed by atoms with Crippen LogP contribution in [0.2, 0.25) is 0 Å². The molecular formula is C20H26N2O5. The molecule has 2 heterocycles. The van der Waals surface area contributed by atoms with Crippen molar-refractivity contribution in [1.82, 2.24) is 9.47 Å². The molecule has 7 heteroatoms. The highest BCUT2D eigenvalue weighted by atomic mass is 16.5. The Balaban J connectivity index is 1.85. The van der Waals surface area contributed by atoms with Gasteiger partial charge in [0.15, 0.2) is 0 Å². The molecule has 1 N–H and O–H groups in total. The van der Waals surface area contributed by atoms with Crippen LogP contribution in [0.3, 0.4) is 0 Å². The Morgan fingerprint density at radius 3 is 2.81 bits per heavy atom. The van der Waals surface area contributed by atoms with E-state index in [-0.39, 0.29) is 12.3 Å². The van der Waals surface area contributed by atoms with Crippen molar-refractivity contribution in [3.05, 3.63) is 35.0 Å². The van der Waals surface area contributed by atoms with Crippen molar-refractivity contribution in [2.75, 3.05) is 33.4 Å². The molecule has 0 saturated carbocycles. The molecule has 0 bridgehead atoms. The number of aliphatic carboxylic acids is 1. The number of carbonyl (C=O) groups excluding carboxylic acids is 1. The molecule has 0 spiro atoms. The number of hydrogen-bond donors (Lipinski definition) is 1. The van der Waals surface area contributed by atoms with E-state index in [9.17, 15) is 9.59 Å². The number of ether oxygens (including phenoxy) is 2. The SMILES string of the molecule is COCCn1c(C)c(C)c2cc(C(=O)N3CCO[C@@H](CC(=O)O)C3)ccc21. The molecule has 0 radical (unpaired) electrons. The molecule has 7 nitrogen and oxygen atoms in total. The summed E-state index contributed by atoms with van der Waals surface area (Å²) in [5, 5.41) is 10.0. The fraction of sp³-hybridized carbons (Fsp3) is 0.500. The number of amides is 1. The summed E-state index contributed by atoms with van der Waals surface area (Å²) in [4.78, 5) is 25.5. The van der Waals surface area contributed by atoms with Gasteiger partial charge in [0.2, 0.25) is 0 Å². The molecule has 1 fully saturated rings. The summed E-state index contributed by atoms with van der Waals surface area (Å²) in [7, 11) is 1.69. The van der Waals surface area contributed by atoms with E-state index in [0.29, 0.717) is 31.9 Å². The molecule has 1 saturated heterocycles. The molecule has 2 aromatic rings. The Labute approximate surface area is 158 Å². The molecule has 1 aliphatic heterocycles. The zero-order chi connectivity index (χ0) is 19.6. The monoisotopic (exact) mass is 374 g/mol. The second-order valence-electron chi connectivity index (χ2n) is 6.93. The third kappa shape index (κ3) is 3.99. The van der Waals surface area contributed by atoms with Gasteiger partial charge in [0.25, 0.3) is 5.91 Å². The molecule has 27 heavy (non-hydrogen) atoms. The van der Waals surface area contributed by atoms with Crippen LogP contribution in [-0.2, 0) is 20.8 Å². The smallest absolute Gasteiger partial charge is 0.306 e. The molecule has 0 unspecified atom stereocenters. The number of rotatable bonds is 6. The zero-order valence-corrected chi connectivity index (χ0v) is 16.0. The van der Waals surface area contributed by atoms with Crippen LogP contribution >= 0.6 is 0 Å². The summed E-state index contributed by atoms with van der Waals surface area (Å²) >= 11 is 0. The number of carboxylic acid groups (broad SMARTS) is 1. The highest BCUT2D eigenvalue weighted by Crippen LogP contribution is 2.27. The number of carbonyl (C=O) groups is 2. The Morgan fingerprint density at radius 1 is 1.33 bits per heavy atom. The Bertz CT molecular complexity index is 858. The number of morpholine rings is 1. The van der Waals surface area contributed by atoms with Crippen molar-refractivity contribution in [3.8, 4) is 0 Å². The van der Waals surface area contributed by atoms with Crippen molar-refractivity contribution < 1.29 is 24.2 Å². The van der Waals surface area contributed by atoms with Crippen LogP contribution in [0.1, 0.15) is 28.0 Å². The first-order valence-corrected chi connectivity index (χ1v) is 9.13. The van der Waals surface area contributed by atoms with Crippen LogP contribution < -0.4 is 0 Å². The summed E-state index contributed by atoms with van der Waals surface area (Å²) in [6.45, 7) is 6.66. The van der Waals surface area contributed by atoms with Gasteiger partial charge in [-0.15, -0.1) is 0 Å². The third-order valence-electron chi connectivity index (χ3n) is 5.23. The van der Waals surface area contributed by atoms with Gasteiger partial charge in [-0.25, -0.2) is 0 Å². The first-order valence-electron chi connectivity index (χ1n) is 9.13. The van der Waals surface area contributed by atoms with Gasteiger partial charge in [0, 0.05) is 48.9 Å². The predicted molar refractivity (Wildman–Crippen MR) is 101 cm³/mol. The average molecular weight is 374 g/mol. The summed E-state index contributed by atoms with van der Waals surface area (Å²) in [5.74, 6) is -1.00. The van der Waals surface area contributed by atoms with Gasteiger partial charge in [-0.05, 0) is 37.6 Å². The van der Waals surface area contributed by atoms with Crippen LogP contribution in [0.25, 0.3) is 10.9 Å². The van der Waals surface area contributed by atoms with Crippen LogP contribution in [-0.4, -0.2) is 66.0 Å². The normalized spacial score (nSPS) is 17.4. The zero-order valence-electron chi connectivity index (χ0n) is 16.0. The largest absolute Gasteiger partial charge is 0.481 e. The Morgan fingerprint density at radius 2 is 2.11 bits per heavy atom. The highest BCUT2D eigenvalue weighted by Gasteiger charge is 2.27. The predicted octanol–water partition coefficient (Wildman–Crippen LogP) is 2.22. The van der Waals surface area contributed by atoms with E-state index < -0.39 is 12.1 Å². The molecule has 3 rings (SSSR count). The fourth-order valence-electron chi connectivity index (χ4n) is 3.66. The van der Waals surface area contributed by atoms with E-state index in [1.54, 1.807) is 12.0 Å². The maximum atomic E-state index is 12.9. The lowest BCUT2D eigenvalue weighted by Crippen LogP contribution is -2.46. The Kier molecular flexibility index (Phi) is 5.82. The van der Waals surface area contributed by atoms with E-state index in [1.807, 2.05) is 18.2 Å². The van der Waals surface area contributed by atoms with Gasteiger partial charge >= 0.3 is 5.97 Å². The first kappa shape index (κ1) is 19.4. The van der Waals surface area contributed by atoms with Gasteiger partial charge in [-0.3, -0.25) is 9.59 Å². The number of fused-ring (bicyclic) bond motifs is 1. The van der Waals surface area contributed by atoms with Gasteiger partial charge in [0.05, 0.1) is 25.7 Å². The van der Waals surface area contributed by atoms with Crippen molar-refractivity contribution in [3.63, 3.8) is 0 Å². The summed E-state index contributed by atoms with van der Waals surface area (Å²) in [6.07, 6.45) is -0.549. The number of nitrogens with zero attached hydrogens (tertiary/aromatic N) is 2. The molecule has 1 aromatic carbocycles. The first-order chi connectivity index (χ1) is 12.9. The third-order valence-corrected chi connectivity index (χ3v) is 5.23. The van der Waals surface area contributed by atoms with E-state index in [4.69, 9.17) is 14.6 Å². The van der Waals surface area contributed by atoms with Crippen molar-refractivity contribution in [2.45, 2.75) is 32.9 Å². The van der Waals surface area contributed by atoms with E-state index in [2.05, 4.69) is 18.4 Å². The number of aromatic nitrogens is 1. The van der Waals surface area contributed by atoms with E-state index >= 15 is 0 Å². The lowest BCUT2D eigenvalue weighted by atomic mass is 10.1. The minimum absolute atomic E-state index is 0.0858. The van der Waals surface area contributed by atoms with Gasteiger partial charge in [-0.1, -0.05) is 0 Å². The number of carboxylic acids is 1. The Hall–Kier alpha value is -2.38. The van der Waals surface area contributed by atoms with Crippen LogP contribution in [0.5, 0.6) is 0 Å². The number of hydrogen-bond acceptors (Lipinski definition) is 4. The van der Waals surface area contributed by atoms with Gasteiger partial charge < -0.3 is 24.0 Å². The lowest BCUT2D eigenvalue weighted by Gasteiger charge is -2.32. The fourth-order valence-corrected chi connectivity index (χ4v) is 3.66. The minimum atomic E-state index is -0.917. The van der Waals surface area contributed by atoms with Crippen molar-refractivity contribution in [2.24, 2.45) is 0 Å². The maximum Gasteiger partial charge on any atom is 0.306 e. The highest BCUT2D eigenvalue weighted by molar-refractivity contribution is 5.99. The molecule has 1 aromatic heterocycles. The molecule has 1 aliphatic rings. The number of benzene rings is 1.